The molecule has 0 aliphatic rings. The van der Waals surface area contributed by atoms with Crippen molar-refractivity contribution < 1.29 is 25.5 Å². The lowest BCUT2D eigenvalue weighted by molar-refractivity contribution is 0.299. The number of phenols is 4. The molecule has 0 amide bonds. The van der Waals surface area contributed by atoms with E-state index in [0.717, 1.165) is 11.1 Å². The Bertz CT molecular complexity index is 548. The quantitative estimate of drug-likeness (QED) is 0.472. The number of phenolic OH excluding ortho intramolecular Hbond substituents is 4. The fourth-order valence-corrected chi connectivity index (χ4v) is 1.74. The molecule has 22 heavy (non-hydrogen) atoms. The lowest BCUT2D eigenvalue weighted by Gasteiger charge is -2.00. The Labute approximate surface area is 128 Å². The number of hydrogen-bond donors (Lipinski definition) is 6. The number of hydrogen-bond acceptors (Lipinski definition) is 6. The van der Waals surface area contributed by atoms with Crippen molar-refractivity contribution in [3.8, 4) is 23.0 Å². The van der Waals surface area contributed by atoms with Crippen LogP contribution in [-0.2, 0) is 12.8 Å². The standard InChI is InChI=1S/C8H11NO2.C8H10O3/c2*9-4-3-6-1-2-7(10)8(11)5-6/h1-2,5,10-11H,3-4,9H2;1-2,5,9-11H,3-4H2. The van der Waals surface area contributed by atoms with Gasteiger partial charge in [0.1, 0.15) is 0 Å². The second kappa shape index (κ2) is 8.76. The van der Waals surface area contributed by atoms with E-state index in [-0.39, 0.29) is 29.6 Å². The van der Waals surface area contributed by atoms with E-state index in [2.05, 4.69) is 0 Å². The first kappa shape index (κ1) is 17.6. The van der Waals surface area contributed by atoms with Crippen molar-refractivity contribution in [2.24, 2.45) is 5.73 Å². The zero-order valence-corrected chi connectivity index (χ0v) is 12.1. The summed E-state index contributed by atoms with van der Waals surface area (Å²) >= 11 is 0. The van der Waals surface area contributed by atoms with Crippen LogP contribution < -0.4 is 5.73 Å². The highest BCUT2D eigenvalue weighted by Gasteiger charge is 1.99. The van der Waals surface area contributed by atoms with E-state index >= 15 is 0 Å². The van der Waals surface area contributed by atoms with Gasteiger partial charge in [0.15, 0.2) is 23.0 Å². The van der Waals surface area contributed by atoms with Gasteiger partial charge in [-0.05, 0) is 54.8 Å². The van der Waals surface area contributed by atoms with Gasteiger partial charge in [-0.2, -0.15) is 0 Å². The number of nitrogens with two attached hydrogens (primary N) is 1. The van der Waals surface area contributed by atoms with Gasteiger partial charge in [-0.15, -0.1) is 0 Å². The smallest absolute Gasteiger partial charge is 0.157 e. The molecular formula is C16H21NO5. The molecule has 0 spiro atoms. The maximum absolute atomic E-state index is 9.04. The Balaban J connectivity index is 0.000000220. The molecule has 0 saturated carbocycles. The molecule has 0 heterocycles. The highest BCUT2D eigenvalue weighted by Crippen LogP contribution is 2.25. The summed E-state index contributed by atoms with van der Waals surface area (Å²) in [4.78, 5) is 0. The molecule has 120 valence electrons. The maximum Gasteiger partial charge on any atom is 0.157 e. The molecule has 6 nitrogen and oxygen atoms in total. The second-order valence-corrected chi connectivity index (χ2v) is 4.66. The molecule has 6 heteroatoms. The minimum Gasteiger partial charge on any atom is -0.504 e. The Morgan fingerprint density at radius 3 is 1.50 bits per heavy atom. The molecule has 7 N–H and O–H groups in total. The first-order valence-electron chi connectivity index (χ1n) is 6.80. The number of rotatable bonds is 4. The summed E-state index contributed by atoms with van der Waals surface area (Å²) in [6.07, 6.45) is 1.21. The van der Waals surface area contributed by atoms with Crippen molar-refractivity contribution in [2.45, 2.75) is 12.8 Å². The second-order valence-electron chi connectivity index (χ2n) is 4.66. The summed E-state index contributed by atoms with van der Waals surface area (Å²) in [5, 5.41) is 44.4. The largest absolute Gasteiger partial charge is 0.504 e. The Morgan fingerprint density at radius 1 is 0.682 bits per heavy atom. The lowest BCUT2D eigenvalue weighted by Crippen LogP contribution is -2.02. The number of aromatic hydroxyl groups is 4. The summed E-state index contributed by atoms with van der Waals surface area (Å²) in [6.45, 7) is 0.592. The minimum atomic E-state index is -0.143. The van der Waals surface area contributed by atoms with E-state index < -0.39 is 0 Å². The Hall–Kier alpha value is -2.44. The van der Waals surface area contributed by atoms with Crippen molar-refractivity contribution in [1.82, 2.24) is 0 Å². The van der Waals surface area contributed by atoms with Crippen LogP contribution in [0.3, 0.4) is 0 Å². The zero-order chi connectivity index (χ0) is 16.5. The lowest BCUT2D eigenvalue weighted by atomic mass is 10.1. The van der Waals surface area contributed by atoms with Gasteiger partial charge in [-0.25, -0.2) is 0 Å². The van der Waals surface area contributed by atoms with E-state index in [4.69, 9.17) is 31.3 Å². The topological polar surface area (TPSA) is 127 Å². The maximum atomic E-state index is 9.04. The van der Waals surface area contributed by atoms with Gasteiger partial charge in [0.2, 0.25) is 0 Å². The average molecular weight is 307 g/mol. The molecular weight excluding hydrogens is 286 g/mol. The van der Waals surface area contributed by atoms with Crippen LogP contribution in [0.4, 0.5) is 0 Å². The fourth-order valence-electron chi connectivity index (χ4n) is 1.74. The normalized spacial score (nSPS) is 9.91. The third-order valence-corrected chi connectivity index (χ3v) is 2.91. The van der Waals surface area contributed by atoms with Crippen molar-refractivity contribution in [3.63, 3.8) is 0 Å². The number of benzene rings is 2. The predicted molar refractivity (Wildman–Crippen MR) is 83.1 cm³/mol. The Kier molecular flexibility index (Phi) is 7.01. The molecule has 0 atom stereocenters. The van der Waals surface area contributed by atoms with E-state index in [1.54, 1.807) is 12.1 Å². The van der Waals surface area contributed by atoms with E-state index in [1.165, 1.54) is 24.3 Å². The average Bonchev–Trinajstić information content (AvgIpc) is 2.48. The van der Waals surface area contributed by atoms with Crippen LogP contribution in [0.15, 0.2) is 36.4 Å². The molecule has 0 aliphatic carbocycles. The van der Waals surface area contributed by atoms with Crippen LogP contribution in [0.5, 0.6) is 23.0 Å². The first-order valence-corrected chi connectivity index (χ1v) is 6.80. The fraction of sp³-hybridized carbons (Fsp3) is 0.250. The summed E-state index contributed by atoms with van der Waals surface area (Å²) in [6, 6.07) is 9.21. The molecule has 0 fully saturated rings. The van der Waals surface area contributed by atoms with Crippen LogP contribution in [0, 0.1) is 0 Å². The van der Waals surface area contributed by atoms with Gasteiger partial charge >= 0.3 is 0 Å². The zero-order valence-electron chi connectivity index (χ0n) is 12.1. The van der Waals surface area contributed by atoms with E-state index in [9.17, 15) is 0 Å². The van der Waals surface area contributed by atoms with Gasteiger partial charge < -0.3 is 31.3 Å². The van der Waals surface area contributed by atoms with Crippen LogP contribution in [-0.4, -0.2) is 38.7 Å². The summed E-state index contributed by atoms with van der Waals surface area (Å²) in [7, 11) is 0. The van der Waals surface area contributed by atoms with Gasteiger partial charge in [-0.1, -0.05) is 12.1 Å². The summed E-state index contributed by atoms with van der Waals surface area (Å²) < 4.78 is 0. The molecule has 0 unspecified atom stereocenters. The first-order chi connectivity index (χ1) is 10.5. The van der Waals surface area contributed by atoms with Crippen molar-refractivity contribution in [3.05, 3.63) is 47.5 Å². The van der Waals surface area contributed by atoms with Crippen LogP contribution in [0.2, 0.25) is 0 Å². The van der Waals surface area contributed by atoms with Crippen molar-refractivity contribution in [1.29, 1.82) is 0 Å². The van der Waals surface area contributed by atoms with Crippen molar-refractivity contribution in [2.75, 3.05) is 13.2 Å². The van der Waals surface area contributed by atoms with Crippen LogP contribution in [0.1, 0.15) is 11.1 Å². The summed E-state index contributed by atoms with van der Waals surface area (Å²) in [5.41, 5.74) is 7.05. The molecule has 0 saturated heterocycles. The molecule has 0 radical (unpaired) electrons. The summed E-state index contributed by atoms with van der Waals surface area (Å²) in [5.74, 6) is -0.454. The highest BCUT2D eigenvalue weighted by atomic mass is 16.3. The van der Waals surface area contributed by atoms with Gasteiger partial charge in [-0.3, -0.25) is 0 Å². The number of aliphatic hydroxyl groups is 1. The minimum absolute atomic E-state index is 0.0458. The van der Waals surface area contributed by atoms with Gasteiger partial charge in [0.25, 0.3) is 0 Å². The van der Waals surface area contributed by atoms with Crippen molar-refractivity contribution >= 4 is 0 Å². The molecule has 2 aromatic rings. The molecule has 2 aromatic carbocycles. The molecule has 2 rings (SSSR count). The van der Waals surface area contributed by atoms with Crippen LogP contribution in [0.25, 0.3) is 0 Å². The molecule has 0 aromatic heterocycles. The van der Waals surface area contributed by atoms with Gasteiger partial charge in [0.05, 0.1) is 0 Å². The highest BCUT2D eigenvalue weighted by molar-refractivity contribution is 5.41. The SMILES string of the molecule is NCCc1ccc(O)c(O)c1.OCCc1ccc(O)c(O)c1. The third-order valence-electron chi connectivity index (χ3n) is 2.91. The third kappa shape index (κ3) is 5.51. The number of aliphatic hydroxyl groups excluding tert-OH is 1. The van der Waals surface area contributed by atoms with E-state index in [1.807, 2.05) is 0 Å². The van der Waals surface area contributed by atoms with Crippen LogP contribution >= 0.6 is 0 Å². The Morgan fingerprint density at radius 2 is 1.14 bits per heavy atom. The van der Waals surface area contributed by atoms with E-state index in [0.29, 0.717) is 19.4 Å². The molecule has 0 bridgehead atoms. The predicted octanol–water partition coefficient (Wildman–Crippen LogP) is 1.23. The monoisotopic (exact) mass is 307 g/mol. The molecule has 0 aliphatic heterocycles. The van der Waals surface area contributed by atoms with Gasteiger partial charge in [0, 0.05) is 6.61 Å².